The predicted molar refractivity (Wildman–Crippen MR) is 69.9 cm³/mol. The van der Waals surface area contributed by atoms with Gasteiger partial charge in [-0.2, -0.15) is 0 Å². The Hall–Kier alpha value is -0.810. The van der Waals surface area contributed by atoms with Gasteiger partial charge in [0.25, 0.3) is 0 Å². The molecule has 1 aromatic carbocycles. The van der Waals surface area contributed by atoms with Gasteiger partial charge in [-0.3, -0.25) is 4.99 Å². The van der Waals surface area contributed by atoms with Gasteiger partial charge in [0.05, 0.1) is 11.4 Å². The number of benzene rings is 1. The molecule has 16 heavy (non-hydrogen) atoms. The third-order valence-corrected chi connectivity index (χ3v) is 4.76. The molecule has 1 heterocycles. The zero-order valence-electron chi connectivity index (χ0n) is 9.15. The molecule has 5 heteroatoms. The summed E-state index contributed by atoms with van der Waals surface area (Å²) in [7, 11) is 0. The van der Waals surface area contributed by atoms with E-state index in [1.54, 1.807) is 31.7 Å². The summed E-state index contributed by atoms with van der Waals surface area (Å²) in [5, 5.41) is 19.7. The third kappa shape index (κ3) is 2.15. The third-order valence-electron chi connectivity index (χ3n) is 2.56. The van der Waals surface area contributed by atoms with E-state index in [2.05, 4.69) is 4.99 Å². The average molecular weight is 255 g/mol. The first kappa shape index (κ1) is 11.7. The maximum atomic E-state index is 9.97. The lowest BCUT2D eigenvalue weighted by Crippen LogP contribution is -1.88. The Kier molecular flexibility index (Phi) is 3.35. The molecule has 0 spiro atoms. The number of aromatic hydroxyl groups is 2. The van der Waals surface area contributed by atoms with Gasteiger partial charge in [-0.05, 0) is 31.0 Å². The van der Waals surface area contributed by atoms with Crippen molar-refractivity contribution < 1.29 is 10.2 Å². The highest BCUT2D eigenvalue weighted by atomic mass is 32.2. The summed E-state index contributed by atoms with van der Waals surface area (Å²) in [5.74, 6) is 1.47. The SMILES string of the molecule is Cc1c(O)cc(SC2=NCCS2)c(O)c1C. The van der Waals surface area contributed by atoms with Crippen LogP contribution >= 0.6 is 23.5 Å². The van der Waals surface area contributed by atoms with Crippen LogP contribution in [0.2, 0.25) is 0 Å². The molecule has 0 radical (unpaired) electrons. The number of aliphatic imine (C=N–C) groups is 1. The molecule has 0 aromatic heterocycles. The summed E-state index contributed by atoms with van der Waals surface area (Å²) >= 11 is 3.10. The molecular formula is C11H13NO2S2. The fourth-order valence-corrected chi connectivity index (χ4v) is 3.46. The summed E-state index contributed by atoms with van der Waals surface area (Å²) in [4.78, 5) is 4.98. The van der Waals surface area contributed by atoms with Crippen molar-refractivity contribution in [1.82, 2.24) is 0 Å². The van der Waals surface area contributed by atoms with Gasteiger partial charge in [-0.25, -0.2) is 0 Å². The van der Waals surface area contributed by atoms with E-state index in [0.717, 1.165) is 27.8 Å². The van der Waals surface area contributed by atoms with Gasteiger partial charge in [0.15, 0.2) is 0 Å². The highest BCUT2D eigenvalue weighted by Gasteiger charge is 2.16. The Morgan fingerprint density at radius 1 is 1.31 bits per heavy atom. The van der Waals surface area contributed by atoms with E-state index in [1.807, 2.05) is 0 Å². The monoisotopic (exact) mass is 255 g/mol. The van der Waals surface area contributed by atoms with E-state index < -0.39 is 0 Å². The minimum Gasteiger partial charge on any atom is -0.508 e. The number of hydrogen-bond donors (Lipinski definition) is 2. The highest BCUT2D eigenvalue weighted by molar-refractivity contribution is 8.39. The number of phenolic OH excluding ortho intramolecular Hbond substituents is 2. The fraction of sp³-hybridized carbons (Fsp3) is 0.364. The molecule has 1 aliphatic rings. The van der Waals surface area contributed by atoms with Gasteiger partial charge < -0.3 is 10.2 Å². The lowest BCUT2D eigenvalue weighted by molar-refractivity contribution is 0.442. The van der Waals surface area contributed by atoms with Crippen LogP contribution in [0.3, 0.4) is 0 Å². The Morgan fingerprint density at radius 3 is 2.69 bits per heavy atom. The first-order valence-electron chi connectivity index (χ1n) is 4.97. The van der Waals surface area contributed by atoms with Crippen LogP contribution < -0.4 is 0 Å². The van der Waals surface area contributed by atoms with E-state index in [4.69, 9.17) is 0 Å². The molecule has 2 rings (SSSR count). The van der Waals surface area contributed by atoms with Crippen LogP contribution in [0, 0.1) is 13.8 Å². The molecule has 1 aromatic rings. The molecule has 3 nitrogen and oxygen atoms in total. The van der Waals surface area contributed by atoms with Gasteiger partial charge in [0, 0.05) is 5.75 Å². The quantitative estimate of drug-likeness (QED) is 0.758. The van der Waals surface area contributed by atoms with Crippen LogP contribution in [0.25, 0.3) is 0 Å². The summed E-state index contributed by atoms with van der Waals surface area (Å²) in [5.41, 5.74) is 1.45. The summed E-state index contributed by atoms with van der Waals surface area (Å²) < 4.78 is 0.956. The molecule has 0 atom stereocenters. The number of phenols is 2. The Balaban J connectivity index is 2.34. The molecular weight excluding hydrogens is 242 g/mol. The van der Waals surface area contributed by atoms with Crippen LogP contribution in [-0.4, -0.2) is 26.9 Å². The largest absolute Gasteiger partial charge is 0.508 e. The van der Waals surface area contributed by atoms with Crippen molar-refractivity contribution in [3.8, 4) is 11.5 Å². The summed E-state index contributed by atoms with van der Waals surface area (Å²) in [6, 6.07) is 1.60. The second-order valence-electron chi connectivity index (χ2n) is 3.59. The lowest BCUT2D eigenvalue weighted by atomic mass is 10.1. The van der Waals surface area contributed by atoms with Crippen molar-refractivity contribution >= 4 is 27.9 Å². The second-order valence-corrected chi connectivity index (χ2v) is 5.96. The highest BCUT2D eigenvalue weighted by Crippen LogP contribution is 2.40. The van der Waals surface area contributed by atoms with E-state index in [9.17, 15) is 10.2 Å². The van der Waals surface area contributed by atoms with Gasteiger partial charge >= 0.3 is 0 Å². The molecule has 1 aliphatic heterocycles. The number of nitrogens with zero attached hydrogens (tertiary/aromatic N) is 1. The normalized spacial score (nSPS) is 15.2. The van der Waals surface area contributed by atoms with Crippen LogP contribution in [0.5, 0.6) is 11.5 Å². The van der Waals surface area contributed by atoms with Crippen LogP contribution in [0.1, 0.15) is 11.1 Å². The van der Waals surface area contributed by atoms with Crippen LogP contribution in [0.4, 0.5) is 0 Å². The molecule has 0 amide bonds. The second kappa shape index (κ2) is 4.59. The standard InChI is InChI=1S/C11H13NO2S2/c1-6-7(2)10(14)9(5-8(6)13)16-11-12-3-4-15-11/h5,13-14H,3-4H2,1-2H3. The summed E-state index contributed by atoms with van der Waals surface area (Å²) in [6.45, 7) is 4.43. The number of rotatable bonds is 1. The molecule has 0 aliphatic carbocycles. The molecule has 0 saturated heterocycles. The molecule has 0 bridgehead atoms. The Morgan fingerprint density at radius 2 is 2.06 bits per heavy atom. The smallest absolute Gasteiger partial charge is 0.133 e. The minimum atomic E-state index is 0.224. The van der Waals surface area contributed by atoms with E-state index in [1.165, 1.54) is 11.8 Å². The Bertz CT molecular complexity index is 458. The number of hydrogen-bond acceptors (Lipinski definition) is 5. The van der Waals surface area contributed by atoms with Crippen LogP contribution in [-0.2, 0) is 0 Å². The zero-order chi connectivity index (χ0) is 11.7. The fourth-order valence-electron chi connectivity index (χ4n) is 1.40. The molecule has 0 unspecified atom stereocenters. The van der Waals surface area contributed by atoms with E-state index >= 15 is 0 Å². The van der Waals surface area contributed by atoms with Crippen molar-refractivity contribution in [3.63, 3.8) is 0 Å². The minimum absolute atomic E-state index is 0.224. The first-order chi connectivity index (χ1) is 7.59. The van der Waals surface area contributed by atoms with Crippen molar-refractivity contribution in [2.75, 3.05) is 12.3 Å². The lowest BCUT2D eigenvalue weighted by Gasteiger charge is -2.10. The average Bonchev–Trinajstić information content (AvgIpc) is 2.76. The van der Waals surface area contributed by atoms with Gasteiger partial charge in [0.2, 0.25) is 0 Å². The molecule has 2 N–H and O–H groups in total. The first-order valence-corrected chi connectivity index (χ1v) is 6.77. The maximum absolute atomic E-state index is 9.97. The van der Waals surface area contributed by atoms with Gasteiger partial charge in [-0.1, -0.05) is 23.5 Å². The van der Waals surface area contributed by atoms with Crippen molar-refractivity contribution in [3.05, 3.63) is 17.2 Å². The van der Waals surface area contributed by atoms with E-state index in [-0.39, 0.29) is 11.5 Å². The van der Waals surface area contributed by atoms with Gasteiger partial charge in [0.1, 0.15) is 15.9 Å². The zero-order valence-corrected chi connectivity index (χ0v) is 10.8. The summed E-state index contributed by atoms with van der Waals surface area (Å²) in [6.07, 6.45) is 0. The topological polar surface area (TPSA) is 52.8 Å². The molecule has 0 fully saturated rings. The van der Waals surface area contributed by atoms with Crippen molar-refractivity contribution in [2.24, 2.45) is 4.99 Å². The molecule has 86 valence electrons. The predicted octanol–water partition coefficient (Wildman–Crippen LogP) is 2.91. The van der Waals surface area contributed by atoms with Crippen molar-refractivity contribution in [1.29, 1.82) is 0 Å². The Labute approximate surface area is 103 Å². The van der Waals surface area contributed by atoms with Crippen molar-refractivity contribution in [2.45, 2.75) is 18.7 Å². The van der Waals surface area contributed by atoms with Crippen LogP contribution in [0.15, 0.2) is 16.0 Å². The number of thioether (sulfide) groups is 2. The van der Waals surface area contributed by atoms with Gasteiger partial charge in [-0.15, -0.1) is 0 Å². The van der Waals surface area contributed by atoms with E-state index in [0.29, 0.717) is 4.90 Å². The molecule has 0 saturated carbocycles. The maximum Gasteiger partial charge on any atom is 0.133 e.